The van der Waals surface area contributed by atoms with Gasteiger partial charge in [-0.2, -0.15) is 10.2 Å². The molecule has 0 aliphatic carbocycles. The summed E-state index contributed by atoms with van der Waals surface area (Å²) in [6.45, 7) is 13.4. The second-order valence-electron chi connectivity index (χ2n) is 5.87. The lowest BCUT2D eigenvalue weighted by atomic mass is 10.0. The zero-order valence-electron chi connectivity index (χ0n) is 12.0. The third-order valence-corrected chi connectivity index (χ3v) is 2.78. The van der Waals surface area contributed by atoms with Crippen LogP contribution in [0, 0.1) is 11.8 Å². The van der Waals surface area contributed by atoms with Gasteiger partial charge in [0, 0.05) is 0 Å². The number of rotatable bonds is 8. The van der Waals surface area contributed by atoms with Gasteiger partial charge in [0.2, 0.25) is 0 Å². The van der Waals surface area contributed by atoms with E-state index in [2.05, 4.69) is 51.8 Å². The van der Waals surface area contributed by atoms with E-state index in [1.807, 2.05) is 0 Å². The summed E-state index contributed by atoms with van der Waals surface area (Å²) in [6.07, 6.45) is 4.83. The van der Waals surface area contributed by atoms with Crippen LogP contribution >= 0.6 is 0 Å². The minimum atomic E-state index is 0.392. The molecule has 0 radical (unpaired) electrons. The molecule has 0 aliphatic rings. The number of nitrogens with zero attached hydrogens (tertiary/aromatic N) is 2. The van der Waals surface area contributed by atoms with Gasteiger partial charge in [-0.3, -0.25) is 0 Å². The molecule has 0 aromatic rings. The van der Waals surface area contributed by atoms with Crippen molar-refractivity contribution in [2.24, 2.45) is 22.1 Å². The van der Waals surface area contributed by atoms with Gasteiger partial charge in [0.05, 0.1) is 12.1 Å². The molecule has 0 fully saturated rings. The molecule has 0 rings (SSSR count). The molecule has 0 N–H and O–H groups in total. The van der Waals surface area contributed by atoms with Gasteiger partial charge in [-0.1, -0.05) is 27.7 Å². The fourth-order valence-electron chi connectivity index (χ4n) is 1.49. The second kappa shape index (κ2) is 8.72. The number of hydrogen-bond acceptors (Lipinski definition) is 2. The van der Waals surface area contributed by atoms with E-state index in [4.69, 9.17) is 0 Å². The van der Waals surface area contributed by atoms with Crippen molar-refractivity contribution in [2.75, 3.05) is 0 Å². The maximum absolute atomic E-state index is 4.40. The predicted octanol–water partition coefficient (Wildman–Crippen LogP) is 5.09. The van der Waals surface area contributed by atoms with Gasteiger partial charge in [0.15, 0.2) is 0 Å². The average molecular weight is 226 g/mol. The average Bonchev–Trinajstić information content (AvgIpc) is 2.20. The second-order valence-corrected chi connectivity index (χ2v) is 5.87. The van der Waals surface area contributed by atoms with E-state index in [0.29, 0.717) is 12.1 Å². The quantitative estimate of drug-likeness (QED) is 0.515. The van der Waals surface area contributed by atoms with Crippen LogP contribution in [0.4, 0.5) is 0 Å². The van der Waals surface area contributed by atoms with Crippen molar-refractivity contribution in [3.8, 4) is 0 Å². The van der Waals surface area contributed by atoms with Crippen molar-refractivity contribution in [3.63, 3.8) is 0 Å². The highest BCUT2D eigenvalue weighted by molar-refractivity contribution is 4.63. The zero-order valence-corrected chi connectivity index (χ0v) is 12.0. The Bertz CT molecular complexity index is 165. The van der Waals surface area contributed by atoms with E-state index in [-0.39, 0.29) is 0 Å². The van der Waals surface area contributed by atoms with Gasteiger partial charge >= 0.3 is 0 Å². The lowest BCUT2D eigenvalue weighted by Gasteiger charge is -2.10. The van der Waals surface area contributed by atoms with Gasteiger partial charge in [0.25, 0.3) is 0 Å². The highest BCUT2D eigenvalue weighted by atomic mass is 15.1. The van der Waals surface area contributed by atoms with Crippen LogP contribution < -0.4 is 0 Å². The smallest absolute Gasteiger partial charge is 0.0680 e. The summed E-state index contributed by atoms with van der Waals surface area (Å²) in [4.78, 5) is 0. The normalized spacial score (nSPS) is 16.2. The minimum Gasteiger partial charge on any atom is -0.191 e. The zero-order chi connectivity index (χ0) is 12.6. The summed E-state index contributed by atoms with van der Waals surface area (Å²) in [5, 5.41) is 8.80. The summed E-state index contributed by atoms with van der Waals surface area (Å²) < 4.78 is 0. The standard InChI is InChI=1S/C14H30N2/c1-11(2)7-9-13(5)15-16-14(6)10-8-12(3)4/h11-14H,7-10H2,1-6H3/b16-15+. The molecule has 0 saturated carbocycles. The molecule has 0 spiro atoms. The van der Waals surface area contributed by atoms with Crippen LogP contribution in [0.1, 0.15) is 67.2 Å². The van der Waals surface area contributed by atoms with E-state index in [0.717, 1.165) is 24.7 Å². The molecule has 2 heteroatoms. The van der Waals surface area contributed by atoms with Crippen LogP contribution in [0.15, 0.2) is 10.2 Å². The third-order valence-electron chi connectivity index (χ3n) is 2.78. The summed E-state index contributed by atoms with van der Waals surface area (Å²) in [7, 11) is 0. The number of azo groups is 1. The Morgan fingerprint density at radius 1 is 0.562 bits per heavy atom. The predicted molar refractivity (Wildman–Crippen MR) is 71.9 cm³/mol. The molecule has 0 bridgehead atoms. The van der Waals surface area contributed by atoms with Crippen molar-refractivity contribution >= 4 is 0 Å². The van der Waals surface area contributed by atoms with E-state index >= 15 is 0 Å². The van der Waals surface area contributed by atoms with Crippen LogP contribution in [0.5, 0.6) is 0 Å². The lowest BCUT2D eigenvalue weighted by molar-refractivity contribution is 0.474. The summed E-state index contributed by atoms with van der Waals surface area (Å²) in [6, 6.07) is 0.785. The highest BCUT2D eigenvalue weighted by Gasteiger charge is 2.04. The maximum Gasteiger partial charge on any atom is 0.0680 e. The first kappa shape index (κ1) is 15.6. The van der Waals surface area contributed by atoms with E-state index in [1.165, 1.54) is 12.8 Å². The highest BCUT2D eigenvalue weighted by Crippen LogP contribution is 2.12. The van der Waals surface area contributed by atoms with Crippen molar-refractivity contribution in [3.05, 3.63) is 0 Å². The van der Waals surface area contributed by atoms with Crippen LogP contribution in [0.25, 0.3) is 0 Å². The van der Waals surface area contributed by atoms with E-state index < -0.39 is 0 Å². The van der Waals surface area contributed by atoms with Gasteiger partial charge in [-0.25, -0.2) is 0 Å². The molecule has 0 aliphatic heterocycles. The molecule has 0 heterocycles. The lowest BCUT2D eigenvalue weighted by Crippen LogP contribution is -2.04. The van der Waals surface area contributed by atoms with E-state index in [1.54, 1.807) is 0 Å². The SMILES string of the molecule is CC(C)CCC(C)/N=N/C(C)CCC(C)C. The van der Waals surface area contributed by atoms with Gasteiger partial charge in [0.1, 0.15) is 0 Å². The molecular weight excluding hydrogens is 196 g/mol. The van der Waals surface area contributed by atoms with Crippen LogP contribution in [-0.2, 0) is 0 Å². The molecule has 2 unspecified atom stereocenters. The maximum atomic E-state index is 4.40. The van der Waals surface area contributed by atoms with Crippen molar-refractivity contribution in [1.82, 2.24) is 0 Å². The topological polar surface area (TPSA) is 24.7 Å². The van der Waals surface area contributed by atoms with Gasteiger partial charge < -0.3 is 0 Å². The first-order valence-electron chi connectivity index (χ1n) is 6.81. The Labute approximate surface area is 102 Å². The molecule has 0 saturated heterocycles. The van der Waals surface area contributed by atoms with Gasteiger partial charge in [-0.15, -0.1) is 0 Å². The fraction of sp³-hybridized carbons (Fsp3) is 1.00. The Morgan fingerprint density at radius 2 is 0.875 bits per heavy atom. The molecule has 2 nitrogen and oxygen atoms in total. The Hall–Kier alpha value is -0.400. The molecule has 2 atom stereocenters. The minimum absolute atomic E-state index is 0.392. The third kappa shape index (κ3) is 10.1. The molecule has 16 heavy (non-hydrogen) atoms. The molecule has 0 aromatic heterocycles. The Morgan fingerprint density at radius 3 is 1.12 bits per heavy atom. The van der Waals surface area contributed by atoms with E-state index in [9.17, 15) is 0 Å². The monoisotopic (exact) mass is 226 g/mol. The Balaban J connectivity index is 3.70. The van der Waals surface area contributed by atoms with Crippen molar-refractivity contribution < 1.29 is 0 Å². The van der Waals surface area contributed by atoms with Crippen LogP contribution in [-0.4, -0.2) is 12.1 Å². The van der Waals surface area contributed by atoms with Crippen molar-refractivity contribution in [1.29, 1.82) is 0 Å². The van der Waals surface area contributed by atoms with Crippen LogP contribution in [0.3, 0.4) is 0 Å². The van der Waals surface area contributed by atoms with Gasteiger partial charge in [-0.05, 0) is 51.4 Å². The molecule has 0 amide bonds. The summed E-state index contributed by atoms with van der Waals surface area (Å²) in [5.74, 6) is 1.55. The van der Waals surface area contributed by atoms with Crippen molar-refractivity contribution in [2.45, 2.75) is 79.3 Å². The molecule has 0 aromatic carbocycles. The molecular formula is C14H30N2. The fourth-order valence-corrected chi connectivity index (χ4v) is 1.49. The largest absolute Gasteiger partial charge is 0.191 e. The Kier molecular flexibility index (Phi) is 8.50. The first-order valence-corrected chi connectivity index (χ1v) is 6.81. The summed E-state index contributed by atoms with van der Waals surface area (Å²) >= 11 is 0. The van der Waals surface area contributed by atoms with Crippen LogP contribution in [0.2, 0.25) is 0 Å². The summed E-state index contributed by atoms with van der Waals surface area (Å²) in [5.41, 5.74) is 0. The molecule has 96 valence electrons. The first-order chi connectivity index (χ1) is 7.41. The number of hydrogen-bond donors (Lipinski definition) is 0.